The number of anilines is 5. The molecule has 0 atom stereocenters. The lowest BCUT2D eigenvalue weighted by Crippen LogP contribution is -2.58. The SMILES string of the molecule is CNc1cc2c(cn1)CN(c1ccc(F)c(NC(=O)Nc3cc(C(C)(C)C)no3)c1)C(=O)N2C(C)(C)CO. The van der Waals surface area contributed by atoms with Gasteiger partial charge in [0.15, 0.2) is 0 Å². The summed E-state index contributed by atoms with van der Waals surface area (Å²) < 4.78 is 19.9. The van der Waals surface area contributed by atoms with Crippen LogP contribution in [0.5, 0.6) is 0 Å². The average molecular weight is 526 g/mol. The number of nitrogens with zero attached hydrogens (tertiary/aromatic N) is 4. The number of hydrogen-bond acceptors (Lipinski definition) is 7. The van der Waals surface area contributed by atoms with Gasteiger partial charge in [-0.1, -0.05) is 25.9 Å². The first-order chi connectivity index (χ1) is 17.8. The quantitative estimate of drug-likeness (QED) is 0.359. The molecule has 1 aliphatic heterocycles. The highest BCUT2D eigenvalue weighted by Crippen LogP contribution is 2.38. The number of amides is 4. The summed E-state index contributed by atoms with van der Waals surface area (Å²) in [6.45, 7) is 9.21. The standard InChI is InChI=1S/C26H32FN7O4/c1-25(2,3)20-11-22(38-32-20)31-23(36)30-18-9-16(7-8-17(18)27)33-13-15-12-29-21(28-6)10-19(15)34(24(33)37)26(4,5)14-35/h7-12,35H,13-14H2,1-6H3,(H,28,29)(H2,30,31,36). The van der Waals surface area contributed by atoms with Crippen LogP contribution in [0.25, 0.3) is 0 Å². The first-order valence-corrected chi connectivity index (χ1v) is 12.1. The topological polar surface area (TPSA) is 136 Å². The number of aliphatic hydroxyl groups excluding tert-OH is 1. The number of urea groups is 2. The van der Waals surface area contributed by atoms with Crippen molar-refractivity contribution >= 4 is 40.8 Å². The van der Waals surface area contributed by atoms with E-state index in [0.717, 1.165) is 5.56 Å². The number of carbonyl (C=O) groups is 2. The van der Waals surface area contributed by atoms with E-state index in [9.17, 15) is 19.1 Å². The summed E-state index contributed by atoms with van der Waals surface area (Å²) in [5.74, 6) is 0.00102. The lowest BCUT2D eigenvalue weighted by atomic mass is 9.92. The van der Waals surface area contributed by atoms with Crippen LogP contribution in [0, 0.1) is 5.82 Å². The van der Waals surface area contributed by atoms with Gasteiger partial charge >= 0.3 is 12.1 Å². The van der Waals surface area contributed by atoms with Crippen LogP contribution in [-0.4, -0.2) is 46.5 Å². The fourth-order valence-electron chi connectivity index (χ4n) is 3.99. The van der Waals surface area contributed by atoms with Gasteiger partial charge in [-0.15, -0.1) is 0 Å². The van der Waals surface area contributed by atoms with E-state index in [0.29, 0.717) is 22.9 Å². The Morgan fingerprint density at radius 2 is 1.89 bits per heavy atom. The minimum Gasteiger partial charge on any atom is -0.394 e. The minimum absolute atomic E-state index is 0.113. The van der Waals surface area contributed by atoms with Crippen LogP contribution >= 0.6 is 0 Å². The third-order valence-corrected chi connectivity index (χ3v) is 6.23. The Morgan fingerprint density at radius 1 is 1.16 bits per heavy atom. The molecule has 202 valence electrons. The van der Waals surface area contributed by atoms with E-state index in [2.05, 4.69) is 26.1 Å². The molecule has 0 fully saturated rings. The Balaban J connectivity index is 1.61. The molecule has 4 N–H and O–H groups in total. The van der Waals surface area contributed by atoms with Gasteiger partial charge in [0.1, 0.15) is 11.6 Å². The molecule has 2 aromatic heterocycles. The van der Waals surface area contributed by atoms with Crippen molar-refractivity contribution in [2.24, 2.45) is 0 Å². The number of aromatic nitrogens is 2. The summed E-state index contributed by atoms with van der Waals surface area (Å²) in [6.07, 6.45) is 1.65. The largest absolute Gasteiger partial charge is 0.394 e. The maximum atomic E-state index is 14.7. The molecule has 3 heterocycles. The number of nitrogens with one attached hydrogen (secondary N) is 3. The van der Waals surface area contributed by atoms with Crippen LogP contribution in [0.15, 0.2) is 41.1 Å². The van der Waals surface area contributed by atoms with Crippen molar-refractivity contribution in [1.82, 2.24) is 10.1 Å². The van der Waals surface area contributed by atoms with Gasteiger partial charge in [0.25, 0.3) is 0 Å². The fourth-order valence-corrected chi connectivity index (χ4v) is 3.99. The maximum absolute atomic E-state index is 14.7. The Kier molecular flexibility index (Phi) is 7.02. The highest BCUT2D eigenvalue weighted by Gasteiger charge is 2.40. The molecule has 12 heteroatoms. The number of hydrogen-bond donors (Lipinski definition) is 4. The molecule has 0 unspecified atom stereocenters. The van der Waals surface area contributed by atoms with Crippen molar-refractivity contribution in [2.75, 3.05) is 39.4 Å². The van der Waals surface area contributed by atoms with Crippen LogP contribution in [-0.2, 0) is 12.0 Å². The number of fused-ring (bicyclic) bond motifs is 1. The van der Waals surface area contributed by atoms with Crippen molar-refractivity contribution in [3.05, 3.63) is 53.6 Å². The molecule has 38 heavy (non-hydrogen) atoms. The number of pyridine rings is 1. The van der Waals surface area contributed by atoms with Crippen LogP contribution in [0.3, 0.4) is 0 Å². The minimum atomic E-state index is -0.944. The first kappa shape index (κ1) is 26.9. The summed E-state index contributed by atoms with van der Waals surface area (Å²) in [4.78, 5) is 33.6. The molecule has 11 nitrogen and oxygen atoms in total. The molecule has 0 radical (unpaired) electrons. The molecule has 1 aromatic carbocycles. The third-order valence-electron chi connectivity index (χ3n) is 6.23. The normalized spacial score (nSPS) is 13.8. The smallest absolute Gasteiger partial charge is 0.329 e. The number of carbonyl (C=O) groups excluding carboxylic acids is 2. The predicted octanol–water partition coefficient (Wildman–Crippen LogP) is 4.91. The number of aliphatic hydroxyl groups is 1. The molecule has 0 saturated heterocycles. The molecule has 4 amide bonds. The molecule has 4 rings (SSSR count). The zero-order valence-corrected chi connectivity index (χ0v) is 22.2. The molecule has 0 saturated carbocycles. The average Bonchev–Trinajstić information content (AvgIpc) is 3.33. The van der Waals surface area contributed by atoms with Crippen molar-refractivity contribution in [3.63, 3.8) is 0 Å². The Bertz CT molecular complexity index is 1370. The Labute approximate surface area is 220 Å². The molecular formula is C26H32FN7O4. The van der Waals surface area contributed by atoms with Crippen molar-refractivity contribution in [2.45, 2.75) is 52.1 Å². The monoisotopic (exact) mass is 525 g/mol. The third kappa shape index (κ3) is 5.25. The van der Waals surface area contributed by atoms with Gasteiger partial charge in [0.2, 0.25) is 5.88 Å². The molecular weight excluding hydrogens is 493 g/mol. The fraction of sp³-hybridized carbons (Fsp3) is 0.385. The molecule has 0 spiro atoms. The molecule has 0 bridgehead atoms. The lowest BCUT2D eigenvalue weighted by molar-refractivity contribution is 0.202. The van der Waals surface area contributed by atoms with Crippen molar-refractivity contribution in [3.8, 4) is 0 Å². The number of benzene rings is 1. The van der Waals surface area contributed by atoms with Crippen LogP contribution in [0.4, 0.5) is 42.7 Å². The molecule has 1 aliphatic rings. The van der Waals surface area contributed by atoms with E-state index in [-0.39, 0.29) is 30.1 Å². The predicted molar refractivity (Wildman–Crippen MR) is 143 cm³/mol. The van der Waals surface area contributed by atoms with Gasteiger partial charge in [0.05, 0.1) is 35.8 Å². The zero-order valence-electron chi connectivity index (χ0n) is 22.2. The molecule has 3 aromatic rings. The van der Waals surface area contributed by atoms with E-state index >= 15 is 0 Å². The zero-order chi connectivity index (χ0) is 27.8. The highest BCUT2D eigenvalue weighted by atomic mass is 19.1. The van der Waals surface area contributed by atoms with Gasteiger partial charge in [-0.25, -0.2) is 19.0 Å². The van der Waals surface area contributed by atoms with Crippen LogP contribution < -0.4 is 25.8 Å². The Hall–Kier alpha value is -4.19. The second-order valence-corrected chi connectivity index (χ2v) is 10.7. The lowest BCUT2D eigenvalue weighted by Gasteiger charge is -2.44. The van der Waals surface area contributed by atoms with Gasteiger partial charge in [0, 0.05) is 42.0 Å². The van der Waals surface area contributed by atoms with E-state index in [4.69, 9.17) is 4.52 Å². The summed E-state index contributed by atoms with van der Waals surface area (Å²) in [5.41, 5.74) is 1.00. The second-order valence-electron chi connectivity index (χ2n) is 10.7. The summed E-state index contributed by atoms with van der Waals surface area (Å²) in [6, 6.07) is 6.19. The van der Waals surface area contributed by atoms with E-state index in [1.54, 1.807) is 39.2 Å². The van der Waals surface area contributed by atoms with Crippen molar-refractivity contribution in [1.29, 1.82) is 0 Å². The summed E-state index contributed by atoms with van der Waals surface area (Å²) >= 11 is 0. The van der Waals surface area contributed by atoms with E-state index < -0.39 is 23.4 Å². The van der Waals surface area contributed by atoms with Crippen LogP contribution in [0.1, 0.15) is 45.9 Å². The Morgan fingerprint density at radius 3 is 2.53 bits per heavy atom. The van der Waals surface area contributed by atoms with Crippen molar-refractivity contribution < 1.29 is 23.6 Å². The summed E-state index contributed by atoms with van der Waals surface area (Å²) in [5, 5.41) is 21.9. The van der Waals surface area contributed by atoms with Gasteiger partial charge in [-0.05, 0) is 32.0 Å². The van der Waals surface area contributed by atoms with Gasteiger partial charge < -0.3 is 20.3 Å². The highest BCUT2D eigenvalue weighted by molar-refractivity contribution is 6.08. The molecule has 0 aliphatic carbocycles. The maximum Gasteiger partial charge on any atom is 0.329 e. The first-order valence-electron chi connectivity index (χ1n) is 12.1. The van der Waals surface area contributed by atoms with E-state index in [1.165, 1.54) is 28.0 Å². The number of halogens is 1. The summed E-state index contributed by atoms with van der Waals surface area (Å²) in [7, 11) is 1.72. The van der Waals surface area contributed by atoms with E-state index in [1.807, 2.05) is 20.8 Å². The van der Waals surface area contributed by atoms with Gasteiger partial charge in [-0.2, -0.15) is 0 Å². The second kappa shape index (κ2) is 9.93. The number of rotatable bonds is 6. The van der Waals surface area contributed by atoms with Crippen LogP contribution in [0.2, 0.25) is 0 Å². The van der Waals surface area contributed by atoms with Gasteiger partial charge in [-0.3, -0.25) is 15.1 Å².